The number of hydrogen-bond acceptors (Lipinski definition) is 2. The summed E-state index contributed by atoms with van der Waals surface area (Å²) in [6, 6.07) is 4.74. The molecular formula is C16H21FN2O2. The number of benzene rings is 1. The number of carbonyl (C=O) groups is 2. The lowest BCUT2D eigenvalue weighted by molar-refractivity contribution is -0.130. The van der Waals surface area contributed by atoms with Crippen LogP contribution in [0.1, 0.15) is 38.7 Å². The van der Waals surface area contributed by atoms with Gasteiger partial charge in [0.05, 0.1) is 0 Å². The van der Waals surface area contributed by atoms with Crippen LogP contribution in [-0.4, -0.2) is 23.9 Å². The topological polar surface area (TPSA) is 49.4 Å². The molecule has 4 nitrogen and oxygen atoms in total. The molecule has 0 unspecified atom stereocenters. The lowest BCUT2D eigenvalue weighted by Gasteiger charge is -2.33. The average molecular weight is 292 g/mol. The molecule has 0 atom stereocenters. The summed E-state index contributed by atoms with van der Waals surface area (Å²) in [4.78, 5) is 26.3. The van der Waals surface area contributed by atoms with Crippen molar-refractivity contribution in [3.63, 3.8) is 0 Å². The number of nitrogens with one attached hydrogen (secondary N) is 1. The van der Waals surface area contributed by atoms with Crippen LogP contribution in [0.15, 0.2) is 18.2 Å². The zero-order valence-electron chi connectivity index (χ0n) is 12.7. The van der Waals surface area contributed by atoms with E-state index >= 15 is 0 Å². The summed E-state index contributed by atoms with van der Waals surface area (Å²) < 4.78 is 13.8. The number of anilines is 1. The molecule has 1 fully saturated rings. The van der Waals surface area contributed by atoms with Crippen LogP contribution in [0, 0.1) is 12.7 Å². The van der Waals surface area contributed by atoms with Gasteiger partial charge in [-0.15, -0.1) is 0 Å². The maximum atomic E-state index is 13.8. The van der Waals surface area contributed by atoms with Gasteiger partial charge in [0.2, 0.25) is 5.91 Å². The summed E-state index contributed by atoms with van der Waals surface area (Å²) in [5.41, 5.74) is 0.146. The van der Waals surface area contributed by atoms with Gasteiger partial charge in [0.1, 0.15) is 11.4 Å². The Morgan fingerprint density at radius 2 is 1.95 bits per heavy atom. The van der Waals surface area contributed by atoms with Crippen molar-refractivity contribution in [1.82, 2.24) is 5.32 Å². The molecule has 0 aromatic heterocycles. The molecule has 0 saturated carbocycles. The fourth-order valence-corrected chi connectivity index (χ4v) is 2.68. The molecule has 0 aliphatic carbocycles. The van der Waals surface area contributed by atoms with E-state index in [4.69, 9.17) is 0 Å². The molecule has 1 heterocycles. The summed E-state index contributed by atoms with van der Waals surface area (Å²) in [6.07, 6.45) is 1.25. The first-order valence-electron chi connectivity index (χ1n) is 7.32. The Labute approximate surface area is 124 Å². The number of halogens is 1. The van der Waals surface area contributed by atoms with E-state index in [0.717, 1.165) is 0 Å². The minimum absolute atomic E-state index is 0.137. The van der Waals surface area contributed by atoms with Crippen molar-refractivity contribution in [3.05, 3.63) is 29.6 Å². The second kappa shape index (κ2) is 5.84. The van der Waals surface area contributed by atoms with Crippen molar-refractivity contribution in [2.24, 2.45) is 0 Å². The van der Waals surface area contributed by atoms with Gasteiger partial charge in [-0.05, 0) is 37.5 Å². The number of nitrogens with zero attached hydrogens (tertiary/aromatic N) is 1. The summed E-state index contributed by atoms with van der Waals surface area (Å²) in [5, 5.41) is 2.84. The van der Waals surface area contributed by atoms with E-state index in [1.807, 2.05) is 13.8 Å². The average Bonchev–Trinajstić information content (AvgIpc) is 2.60. The van der Waals surface area contributed by atoms with Gasteiger partial charge in [-0.1, -0.05) is 19.9 Å². The van der Waals surface area contributed by atoms with Gasteiger partial charge in [0.25, 0.3) is 5.91 Å². The number of aryl methyl sites for hydroxylation is 1. The molecule has 0 radical (unpaired) electrons. The zero-order valence-corrected chi connectivity index (χ0v) is 12.7. The van der Waals surface area contributed by atoms with E-state index in [0.29, 0.717) is 24.1 Å². The van der Waals surface area contributed by atoms with E-state index in [-0.39, 0.29) is 30.6 Å². The van der Waals surface area contributed by atoms with Gasteiger partial charge < -0.3 is 10.2 Å². The first kappa shape index (κ1) is 15.5. The molecule has 1 aliphatic rings. The molecule has 1 saturated heterocycles. The van der Waals surface area contributed by atoms with Gasteiger partial charge in [0, 0.05) is 18.7 Å². The Hall–Kier alpha value is -1.91. The highest BCUT2D eigenvalue weighted by atomic mass is 19.1. The van der Waals surface area contributed by atoms with Crippen LogP contribution in [0.3, 0.4) is 0 Å². The summed E-state index contributed by atoms with van der Waals surface area (Å²) >= 11 is 0. The molecule has 114 valence electrons. The quantitative estimate of drug-likeness (QED) is 0.930. The maximum absolute atomic E-state index is 13.8. The second-order valence-corrected chi connectivity index (χ2v) is 5.48. The molecular weight excluding hydrogens is 271 g/mol. The molecule has 0 spiro atoms. The van der Waals surface area contributed by atoms with E-state index < -0.39 is 5.54 Å². The van der Waals surface area contributed by atoms with E-state index in [2.05, 4.69) is 5.32 Å². The first-order valence-corrected chi connectivity index (χ1v) is 7.32. The Morgan fingerprint density at radius 1 is 1.29 bits per heavy atom. The van der Waals surface area contributed by atoms with Gasteiger partial charge >= 0.3 is 0 Å². The predicted octanol–water partition coefficient (Wildman–Crippen LogP) is 2.55. The molecule has 2 amide bonds. The van der Waals surface area contributed by atoms with Crippen LogP contribution in [0.25, 0.3) is 0 Å². The van der Waals surface area contributed by atoms with Crippen LogP contribution in [-0.2, 0) is 9.59 Å². The van der Waals surface area contributed by atoms with Crippen LogP contribution in [0.5, 0.6) is 0 Å². The fourth-order valence-electron chi connectivity index (χ4n) is 2.68. The highest BCUT2D eigenvalue weighted by molar-refractivity contribution is 6.04. The maximum Gasteiger partial charge on any atom is 0.252 e. The standard InChI is InChI=1S/C16H21FN2O2/c1-4-16(5-2)15(21)19(9-8-14(20)18-16)12-7-6-11(3)13(17)10-12/h6-7,10H,4-5,8-9H2,1-3H3,(H,18,20). The second-order valence-electron chi connectivity index (χ2n) is 5.48. The Balaban J connectivity index is 2.44. The lowest BCUT2D eigenvalue weighted by Crippen LogP contribution is -2.56. The molecule has 0 bridgehead atoms. The lowest BCUT2D eigenvalue weighted by atomic mass is 9.91. The summed E-state index contributed by atoms with van der Waals surface area (Å²) in [6.45, 7) is 5.70. The van der Waals surface area contributed by atoms with Crippen molar-refractivity contribution >= 4 is 17.5 Å². The summed E-state index contributed by atoms with van der Waals surface area (Å²) in [5.74, 6) is -0.647. The van der Waals surface area contributed by atoms with Crippen LogP contribution < -0.4 is 10.2 Å². The highest BCUT2D eigenvalue weighted by Gasteiger charge is 2.42. The van der Waals surface area contributed by atoms with Crippen molar-refractivity contribution in [2.45, 2.75) is 45.6 Å². The zero-order chi connectivity index (χ0) is 15.6. The summed E-state index contributed by atoms with van der Waals surface area (Å²) in [7, 11) is 0. The number of carbonyl (C=O) groups excluding carboxylic acids is 2. The molecule has 1 aromatic carbocycles. The molecule has 1 N–H and O–H groups in total. The van der Waals surface area contributed by atoms with Gasteiger partial charge in [-0.3, -0.25) is 9.59 Å². The van der Waals surface area contributed by atoms with E-state index in [9.17, 15) is 14.0 Å². The predicted molar refractivity (Wildman–Crippen MR) is 79.6 cm³/mol. The number of rotatable bonds is 3. The Bertz CT molecular complexity index is 567. The SMILES string of the molecule is CCC1(CC)NC(=O)CCN(c2ccc(C)c(F)c2)C1=O. The number of amides is 2. The third-order valence-electron chi connectivity index (χ3n) is 4.27. The van der Waals surface area contributed by atoms with E-state index in [1.165, 1.54) is 11.0 Å². The first-order chi connectivity index (χ1) is 9.93. The third kappa shape index (κ3) is 2.77. The van der Waals surface area contributed by atoms with Crippen LogP contribution in [0.4, 0.5) is 10.1 Å². The molecule has 1 aliphatic heterocycles. The van der Waals surface area contributed by atoms with E-state index in [1.54, 1.807) is 19.1 Å². The monoisotopic (exact) mass is 292 g/mol. The normalized spacial score (nSPS) is 18.4. The fraction of sp³-hybridized carbons (Fsp3) is 0.500. The largest absolute Gasteiger partial charge is 0.342 e. The van der Waals surface area contributed by atoms with Gasteiger partial charge in [-0.2, -0.15) is 0 Å². The van der Waals surface area contributed by atoms with Crippen molar-refractivity contribution in [2.75, 3.05) is 11.4 Å². The van der Waals surface area contributed by atoms with Gasteiger partial charge in [-0.25, -0.2) is 4.39 Å². The molecule has 21 heavy (non-hydrogen) atoms. The Morgan fingerprint density at radius 3 is 2.52 bits per heavy atom. The van der Waals surface area contributed by atoms with Crippen molar-refractivity contribution in [3.8, 4) is 0 Å². The van der Waals surface area contributed by atoms with Crippen molar-refractivity contribution < 1.29 is 14.0 Å². The van der Waals surface area contributed by atoms with Crippen molar-refractivity contribution in [1.29, 1.82) is 0 Å². The smallest absolute Gasteiger partial charge is 0.252 e. The van der Waals surface area contributed by atoms with Crippen LogP contribution in [0.2, 0.25) is 0 Å². The number of hydrogen-bond donors (Lipinski definition) is 1. The minimum atomic E-state index is -0.894. The minimum Gasteiger partial charge on any atom is -0.342 e. The third-order valence-corrected chi connectivity index (χ3v) is 4.27. The van der Waals surface area contributed by atoms with Gasteiger partial charge in [0.15, 0.2) is 0 Å². The molecule has 2 rings (SSSR count). The molecule has 1 aromatic rings. The highest BCUT2D eigenvalue weighted by Crippen LogP contribution is 2.27. The van der Waals surface area contributed by atoms with Crippen LogP contribution >= 0.6 is 0 Å². The molecule has 5 heteroatoms. The Kier molecular flexibility index (Phi) is 4.30.